The Labute approximate surface area is 130 Å². The molecule has 2 heteroatoms. The minimum atomic E-state index is 0.0134. The molecule has 0 saturated carbocycles. The lowest BCUT2D eigenvalue weighted by atomic mass is 9.84. The van der Waals surface area contributed by atoms with Crippen molar-refractivity contribution in [1.82, 2.24) is 0 Å². The molecule has 0 atom stereocenters. The van der Waals surface area contributed by atoms with Crippen LogP contribution in [0, 0.1) is 0 Å². The molecule has 0 aliphatic heterocycles. The zero-order valence-electron chi connectivity index (χ0n) is 12.4. The third-order valence-corrected chi connectivity index (χ3v) is 4.19. The van der Waals surface area contributed by atoms with E-state index in [2.05, 4.69) is 0 Å². The highest BCUT2D eigenvalue weighted by atomic mass is 16.1. The molecule has 1 aliphatic carbocycles. The highest BCUT2D eigenvalue weighted by Gasteiger charge is 2.20. The first-order valence-electron chi connectivity index (χ1n) is 7.67. The average molecular weight is 290 g/mol. The van der Waals surface area contributed by atoms with Crippen molar-refractivity contribution < 1.29 is 9.59 Å². The van der Waals surface area contributed by atoms with Crippen molar-refractivity contribution in [2.45, 2.75) is 25.7 Å². The van der Waals surface area contributed by atoms with Gasteiger partial charge in [-0.15, -0.1) is 0 Å². The third kappa shape index (κ3) is 2.77. The maximum absolute atomic E-state index is 12.8. The second-order valence-electron chi connectivity index (χ2n) is 5.57. The monoisotopic (exact) mass is 290 g/mol. The summed E-state index contributed by atoms with van der Waals surface area (Å²) in [4.78, 5) is 24.1. The van der Waals surface area contributed by atoms with E-state index in [1.807, 2.05) is 54.6 Å². The summed E-state index contributed by atoms with van der Waals surface area (Å²) in [5, 5.41) is 0. The molecule has 0 N–H and O–H groups in total. The van der Waals surface area contributed by atoms with E-state index < -0.39 is 0 Å². The summed E-state index contributed by atoms with van der Waals surface area (Å²) in [5.41, 5.74) is 4.17. The van der Waals surface area contributed by atoms with Crippen molar-refractivity contribution in [3.05, 3.63) is 76.9 Å². The van der Waals surface area contributed by atoms with Crippen molar-refractivity contribution in [2.75, 3.05) is 0 Å². The Hall–Kier alpha value is -2.48. The van der Waals surface area contributed by atoms with Gasteiger partial charge in [0, 0.05) is 11.1 Å². The van der Waals surface area contributed by atoms with Crippen LogP contribution in [0.4, 0.5) is 0 Å². The SMILES string of the molecule is O=CC1=C(c2ccccc2C(=O)c2ccccc2)CCCC1. The molecule has 0 heterocycles. The standard InChI is InChI=1S/C20H18O2/c21-14-16-10-4-5-11-17(16)18-12-6-7-13-19(18)20(22)15-8-2-1-3-9-15/h1-3,6-9,12-14H,4-5,10-11H2. The summed E-state index contributed by atoms with van der Waals surface area (Å²) >= 11 is 0. The highest BCUT2D eigenvalue weighted by Crippen LogP contribution is 2.33. The number of carbonyl (C=O) groups excluding carboxylic acids is 2. The Balaban J connectivity index is 2.09. The first kappa shape index (κ1) is 14.5. The van der Waals surface area contributed by atoms with Gasteiger partial charge < -0.3 is 0 Å². The average Bonchev–Trinajstić information content (AvgIpc) is 2.62. The zero-order chi connectivity index (χ0) is 15.4. The summed E-state index contributed by atoms with van der Waals surface area (Å²) in [6, 6.07) is 16.9. The van der Waals surface area contributed by atoms with Crippen LogP contribution >= 0.6 is 0 Å². The van der Waals surface area contributed by atoms with Crippen molar-refractivity contribution in [2.24, 2.45) is 0 Å². The number of hydrogen-bond acceptors (Lipinski definition) is 2. The van der Waals surface area contributed by atoms with E-state index in [1.54, 1.807) is 0 Å². The van der Waals surface area contributed by atoms with Gasteiger partial charge in [-0.3, -0.25) is 9.59 Å². The number of carbonyl (C=O) groups is 2. The van der Waals surface area contributed by atoms with Crippen LogP contribution in [0.15, 0.2) is 60.2 Å². The van der Waals surface area contributed by atoms with Crippen LogP contribution in [0.1, 0.15) is 47.2 Å². The smallest absolute Gasteiger partial charge is 0.193 e. The Morgan fingerprint density at radius 1 is 0.864 bits per heavy atom. The van der Waals surface area contributed by atoms with Crippen LogP contribution in [0.2, 0.25) is 0 Å². The van der Waals surface area contributed by atoms with E-state index in [9.17, 15) is 9.59 Å². The molecule has 0 radical (unpaired) electrons. The lowest BCUT2D eigenvalue weighted by Crippen LogP contribution is -2.08. The summed E-state index contributed by atoms with van der Waals surface area (Å²) in [5.74, 6) is 0.0134. The lowest BCUT2D eigenvalue weighted by Gasteiger charge is -2.19. The van der Waals surface area contributed by atoms with Crippen molar-refractivity contribution in [1.29, 1.82) is 0 Å². The van der Waals surface area contributed by atoms with E-state index in [-0.39, 0.29) is 5.78 Å². The van der Waals surface area contributed by atoms with Gasteiger partial charge in [-0.25, -0.2) is 0 Å². The molecule has 22 heavy (non-hydrogen) atoms. The second kappa shape index (κ2) is 6.52. The molecule has 0 amide bonds. The molecule has 0 fully saturated rings. The van der Waals surface area contributed by atoms with Gasteiger partial charge in [-0.2, -0.15) is 0 Å². The molecule has 0 bridgehead atoms. The topological polar surface area (TPSA) is 34.1 Å². The Kier molecular flexibility index (Phi) is 4.29. The van der Waals surface area contributed by atoms with Crippen molar-refractivity contribution in [3.63, 3.8) is 0 Å². The van der Waals surface area contributed by atoms with Crippen LogP contribution in [-0.2, 0) is 4.79 Å². The Bertz CT molecular complexity index is 726. The molecule has 3 rings (SSSR count). The van der Waals surface area contributed by atoms with E-state index in [0.29, 0.717) is 11.1 Å². The molecule has 0 spiro atoms. The number of hydrogen-bond donors (Lipinski definition) is 0. The fraction of sp³-hybridized carbons (Fsp3) is 0.200. The number of allylic oxidation sites excluding steroid dienone is 2. The molecule has 2 aromatic rings. The van der Waals surface area contributed by atoms with Crippen LogP contribution in [-0.4, -0.2) is 12.1 Å². The maximum atomic E-state index is 12.8. The van der Waals surface area contributed by atoms with Gasteiger partial charge in [0.05, 0.1) is 0 Å². The molecule has 1 aliphatic rings. The lowest BCUT2D eigenvalue weighted by molar-refractivity contribution is -0.105. The first-order valence-corrected chi connectivity index (χ1v) is 7.67. The van der Waals surface area contributed by atoms with Crippen LogP contribution in [0.5, 0.6) is 0 Å². The van der Waals surface area contributed by atoms with Crippen molar-refractivity contribution in [3.8, 4) is 0 Å². The predicted octanol–water partition coefficient (Wildman–Crippen LogP) is 4.44. The maximum Gasteiger partial charge on any atom is 0.193 e. The Morgan fingerprint density at radius 3 is 2.32 bits per heavy atom. The van der Waals surface area contributed by atoms with Crippen LogP contribution in [0.3, 0.4) is 0 Å². The number of rotatable bonds is 4. The normalized spacial score (nSPS) is 14.7. The quantitative estimate of drug-likeness (QED) is 0.616. The zero-order valence-corrected chi connectivity index (χ0v) is 12.4. The minimum absolute atomic E-state index is 0.0134. The fourth-order valence-electron chi connectivity index (χ4n) is 3.06. The Morgan fingerprint density at radius 2 is 1.55 bits per heavy atom. The van der Waals surface area contributed by atoms with Gasteiger partial charge in [-0.05, 0) is 42.4 Å². The van der Waals surface area contributed by atoms with E-state index >= 15 is 0 Å². The molecule has 0 unspecified atom stereocenters. The van der Waals surface area contributed by atoms with Gasteiger partial charge in [-0.1, -0.05) is 54.6 Å². The van der Waals surface area contributed by atoms with Gasteiger partial charge in [0.15, 0.2) is 5.78 Å². The first-order chi connectivity index (χ1) is 10.8. The van der Waals surface area contributed by atoms with E-state index in [1.165, 1.54) is 0 Å². The van der Waals surface area contributed by atoms with E-state index in [0.717, 1.165) is 48.7 Å². The van der Waals surface area contributed by atoms with Crippen LogP contribution < -0.4 is 0 Å². The van der Waals surface area contributed by atoms with Gasteiger partial charge >= 0.3 is 0 Å². The molecular weight excluding hydrogens is 272 g/mol. The highest BCUT2D eigenvalue weighted by molar-refractivity contribution is 6.12. The second-order valence-corrected chi connectivity index (χ2v) is 5.57. The largest absolute Gasteiger partial charge is 0.298 e. The molecule has 110 valence electrons. The van der Waals surface area contributed by atoms with Crippen molar-refractivity contribution >= 4 is 17.6 Å². The third-order valence-electron chi connectivity index (χ3n) is 4.19. The molecule has 2 nitrogen and oxygen atoms in total. The summed E-state index contributed by atoms with van der Waals surface area (Å²) in [6.07, 6.45) is 4.75. The summed E-state index contributed by atoms with van der Waals surface area (Å²) < 4.78 is 0. The number of ketones is 1. The van der Waals surface area contributed by atoms with Crippen LogP contribution in [0.25, 0.3) is 5.57 Å². The number of benzene rings is 2. The molecule has 2 aromatic carbocycles. The molecule has 0 aromatic heterocycles. The molecule has 0 saturated heterocycles. The van der Waals surface area contributed by atoms with Gasteiger partial charge in [0.25, 0.3) is 0 Å². The minimum Gasteiger partial charge on any atom is -0.298 e. The molecular formula is C20H18O2. The summed E-state index contributed by atoms with van der Waals surface area (Å²) in [7, 11) is 0. The van der Waals surface area contributed by atoms with Gasteiger partial charge in [0.1, 0.15) is 6.29 Å². The summed E-state index contributed by atoms with van der Waals surface area (Å²) in [6.45, 7) is 0. The number of aldehydes is 1. The predicted molar refractivity (Wildman–Crippen MR) is 87.8 cm³/mol. The van der Waals surface area contributed by atoms with E-state index in [4.69, 9.17) is 0 Å². The van der Waals surface area contributed by atoms with Gasteiger partial charge in [0.2, 0.25) is 0 Å². The fourth-order valence-corrected chi connectivity index (χ4v) is 3.06.